The number of benzene rings is 6. The third-order valence-electron chi connectivity index (χ3n) is 9.52. The van der Waals surface area contributed by atoms with Gasteiger partial charge in [-0.2, -0.15) is 0 Å². The number of nitrogens with one attached hydrogen (secondary N) is 1. The summed E-state index contributed by atoms with van der Waals surface area (Å²) in [5.74, 6) is -0.734. The molecule has 1 aliphatic rings. The predicted octanol–water partition coefficient (Wildman–Crippen LogP) is 7.15. The lowest BCUT2D eigenvalue weighted by molar-refractivity contribution is 0.0786. The molecule has 3 N–H and O–H groups in total. The van der Waals surface area contributed by atoms with E-state index >= 15 is 0 Å². The van der Waals surface area contributed by atoms with Gasteiger partial charge >= 0.3 is 7.60 Å². The summed E-state index contributed by atoms with van der Waals surface area (Å²) < 4.78 is 18.4. The summed E-state index contributed by atoms with van der Waals surface area (Å²) in [5.41, 5.74) is -1.07. The first-order chi connectivity index (χ1) is 24.1. The van der Waals surface area contributed by atoms with Gasteiger partial charge in [-0.1, -0.05) is 78.9 Å². The predicted molar refractivity (Wildman–Crippen MR) is 194 cm³/mol. The minimum atomic E-state index is -5.05. The second kappa shape index (κ2) is 13.5. The van der Waals surface area contributed by atoms with Gasteiger partial charge < -0.3 is 24.7 Å². The summed E-state index contributed by atoms with van der Waals surface area (Å²) >= 11 is 0. The number of carbonyl (C=O) groups excluding carboxylic acids is 3. The Bertz CT molecular complexity index is 2350. The molecular weight excluding hydrogens is 651 g/mol. The molecule has 0 saturated carbocycles. The summed E-state index contributed by atoms with van der Waals surface area (Å²) in [6, 6.07) is 33.7. The fourth-order valence-corrected chi connectivity index (χ4v) is 7.96. The Balaban J connectivity index is 1.12. The zero-order valence-electron chi connectivity index (χ0n) is 27.3. The Morgan fingerprint density at radius 3 is 2.18 bits per heavy atom. The number of methoxy groups -OCH3 is 1. The van der Waals surface area contributed by atoms with Gasteiger partial charge in [-0.05, 0) is 86.6 Å². The molecule has 0 spiro atoms. The van der Waals surface area contributed by atoms with E-state index in [1.54, 1.807) is 60.5 Å². The van der Waals surface area contributed by atoms with Gasteiger partial charge in [-0.3, -0.25) is 18.9 Å². The molecule has 2 amide bonds. The van der Waals surface area contributed by atoms with Gasteiger partial charge in [0.2, 0.25) is 0 Å². The molecule has 1 fully saturated rings. The Morgan fingerprint density at radius 1 is 0.800 bits per heavy atom. The van der Waals surface area contributed by atoms with Crippen LogP contribution in [0, 0.1) is 5.92 Å². The smallest absolute Gasteiger partial charge is 0.340 e. The first-order valence-corrected chi connectivity index (χ1v) is 18.0. The van der Waals surface area contributed by atoms with Crippen LogP contribution in [0.3, 0.4) is 0 Å². The van der Waals surface area contributed by atoms with Crippen molar-refractivity contribution >= 4 is 57.5 Å². The number of carbonyl (C=O) groups is 3. The van der Waals surface area contributed by atoms with E-state index in [9.17, 15) is 28.7 Å². The molecule has 0 radical (unpaired) electrons. The van der Waals surface area contributed by atoms with Crippen LogP contribution in [0.4, 0.5) is 0 Å². The molecule has 252 valence electrons. The number of Topliss-reactive ketones (excluding diaryl/α,β-unsaturated/α-hetero) is 1. The highest BCUT2D eigenvalue weighted by Gasteiger charge is 2.40. The Hall–Kier alpha value is -5.34. The van der Waals surface area contributed by atoms with Crippen LogP contribution in [0.15, 0.2) is 115 Å². The Morgan fingerprint density at radius 2 is 1.44 bits per heavy atom. The van der Waals surface area contributed by atoms with Crippen molar-refractivity contribution in [2.24, 2.45) is 5.92 Å². The van der Waals surface area contributed by atoms with Crippen molar-refractivity contribution in [1.82, 2.24) is 10.2 Å². The molecule has 2 atom stereocenters. The van der Waals surface area contributed by atoms with Gasteiger partial charge in [0.15, 0.2) is 5.78 Å². The number of ether oxygens (including phenoxy) is 1. The minimum Gasteiger partial charge on any atom is -0.497 e. The first-order valence-electron chi connectivity index (χ1n) is 16.4. The Labute approximate surface area is 288 Å². The second-order valence-electron chi connectivity index (χ2n) is 12.7. The highest BCUT2D eigenvalue weighted by molar-refractivity contribution is 7.53. The van der Waals surface area contributed by atoms with Gasteiger partial charge in [0.1, 0.15) is 11.4 Å². The van der Waals surface area contributed by atoms with Crippen molar-refractivity contribution < 1.29 is 33.5 Å². The van der Waals surface area contributed by atoms with Crippen LogP contribution in [-0.4, -0.2) is 59.0 Å². The molecule has 0 bridgehead atoms. The van der Waals surface area contributed by atoms with Crippen molar-refractivity contribution in [2.75, 3.05) is 26.7 Å². The molecule has 2 unspecified atom stereocenters. The molecule has 1 aliphatic heterocycles. The molecule has 50 heavy (non-hydrogen) atoms. The van der Waals surface area contributed by atoms with Gasteiger partial charge in [-0.15, -0.1) is 0 Å². The maximum atomic E-state index is 14.3. The molecule has 1 saturated heterocycles. The third kappa shape index (κ3) is 6.51. The van der Waals surface area contributed by atoms with Gasteiger partial charge in [0, 0.05) is 30.8 Å². The van der Waals surface area contributed by atoms with E-state index in [1.807, 2.05) is 60.7 Å². The van der Waals surface area contributed by atoms with E-state index in [0.29, 0.717) is 41.2 Å². The lowest BCUT2D eigenvalue weighted by atomic mass is 9.92. The van der Waals surface area contributed by atoms with Gasteiger partial charge in [-0.25, -0.2) is 0 Å². The number of fused-ring (bicyclic) bond motifs is 3. The summed E-state index contributed by atoms with van der Waals surface area (Å²) in [6.45, 7) is 1.24. The van der Waals surface area contributed by atoms with E-state index < -0.39 is 24.9 Å². The number of hydrogen-bond acceptors (Lipinski definition) is 5. The van der Waals surface area contributed by atoms with Crippen LogP contribution >= 0.6 is 7.60 Å². The monoisotopic (exact) mass is 686 g/mol. The van der Waals surface area contributed by atoms with E-state index in [-0.39, 0.29) is 35.1 Å². The minimum absolute atomic E-state index is 0.0224. The summed E-state index contributed by atoms with van der Waals surface area (Å²) in [7, 11) is -3.44. The number of hydrogen-bond donors (Lipinski definition) is 3. The molecule has 0 aromatic heterocycles. The van der Waals surface area contributed by atoms with Crippen LogP contribution in [0.2, 0.25) is 0 Å². The fourth-order valence-electron chi connectivity index (χ4n) is 6.93. The molecule has 10 heteroatoms. The van der Waals surface area contributed by atoms with Gasteiger partial charge in [0.25, 0.3) is 11.8 Å². The lowest BCUT2D eigenvalue weighted by Gasteiger charge is -2.21. The second-order valence-corrected chi connectivity index (χ2v) is 14.4. The molecular formula is C40H35N2O7P. The topological polar surface area (TPSA) is 133 Å². The van der Waals surface area contributed by atoms with Crippen LogP contribution in [0.5, 0.6) is 5.75 Å². The summed E-state index contributed by atoms with van der Waals surface area (Å²) in [5, 5.41) is 7.50. The number of rotatable bonds is 9. The third-order valence-corrected chi connectivity index (χ3v) is 10.7. The van der Waals surface area contributed by atoms with Crippen LogP contribution in [0.1, 0.15) is 48.7 Å². The molecule has 7 rings (SSSR count). The molecule has 1 heterocycles. The van der Waals surface area contributed by atoms with Crippen molar-refractivity contribution in [1.29, 1.82) is 0 Å². The quantitative estimate of drug-likeness (QED) is 0.109. The Kier molecular flexibility index (Phi) is 8.97. The van der Waals surface area contributed by atoms with Crippen LogP contribution in [-0.2, 0) is 4.57 Å². The van der Waals surface area contributed by atoms with E-state index in [2.05, 4.69) is 5.32 Å². The van der Waals surface area contributed by atoms with Crippen LogP contribution in [0.25, 0.3) is 32.3 Å². The maximum absolute atomic E-state index is 14.3. The van der Waals surface area contributed by atoms with Gasteiger partial charge in [0.05, 0.1) is 12.7 Å². The number of nitrogens with zero attached hydrogens (tertiary/aromatic N) is 1. The average Bonchev–Trinajstić information content (AvgIpc) is 3.61. The molecule has 9 nitrogen and oxygen atoms in total. The number of ketones is 1. The van der Waals surface area contributed by atoms with Crippen molar-refractivity contribution in [2.45, 2.75) is 12.1 Å². The maximum Gasteiger partial charge on any atom is 0.340 e. The molecule has 0 aliphatic carbocycles. The fraction of sp³-hybridized carbons (Fsp3) is 0.175. The average molecular weight is 687 g/mol. The molecule has 6 aromatic carbocycles. The lowest BCUT2D eigenvalue weighted by Crippen LogP contribution is -2.33. The number of likely N-dealkylation sites (tertiary alicyclic amines) is 1. The van der Waals surface area contributed by atoms with E-state index in [4.69, 9.17) is 4.74 Å². The van der Waals surface area contributed by atoms with Crippen molar-refractivity contribution in [3.8, 4) is 5.75 Å². The standard InChI is InChI=1S/C40H35N2O7P/c1-49-32-16-15-29-19-31(14-13-30(29)20-32)40(45)42-18-17-25(24-42)23-41-39(44)36-22-28-9-3-2-8-27(28)21-35(36)37(43)38(50(46,47)48)34-12-6-10-26-7-4-5-11-33(26)34/h2-16,19-22,25,38H,17-18,23-24H2,1H3,(H,41,44)(H2,46,47,48). The number of amides is 2. The largest absolute Gasteiger partial charge is 0.497 e. The van der Waals surface area contributed by atoms with Crippen molar-refractivity contribution in [3.63, 3.8) is 0 Å². The zero-order chi connectivity index (χ0) is 35.0. The van der Waals surface area contributed by atoms with E-state index in [1.165, 1.54) is 6.07 Å². The highest BCUT2D eigenvalue weighted by atomic mass is 31.2. The van der Waals surface area contributed by atoms with Crippen LogP contribution < -0.4 is 10.1 Å². The molecule has 6 aromatic rings. The summed E-state index contributed by atoms with van der Waals surface area (Å²) in [4.78, 5) is 64.5. The first kappa shape index (κ1) is 33.2. The SMILES string of the molecule is COc1ccc2cc(C(=O)N3CCC(CNC(=O)c4cc5ccccc5cc4C(=O)C(c4cccc5ccccc45)P(=O)(O)O)C3)ccc2c1. The van der Waals surface area contributed by atoms with E-state index in [0.717, 1.165) is 21.9 Å². The highest BCUT2D eigenvalue weighted by Crippen LogP contribution is 2.55. The van der Waals surface area contributed by atoms with Crippen molar-refractivity contribution in [3.05, 3.63) is 138 Å². The normalized spacial score (nSPS) is 15.3. The summed E-state index contributed by atoms with van der Waals surface area (Å²) in [6.07, 6.45) is 0.682. The zero-order valence-corrected chi connectivity index (χ0v) is 28.2.